The van der Waals surface area contributed by atoms with Crippen molar-refractivity contribution >= 4 is 5.88 Å². The molecule has 3 aromatic rings. The first-order chi connectivity index (χ1) is 16.7. The molecule has 2 aromatic carbocycles. The Morgan fingerprint density at radius 3 is 2.35 bits per heavy atom. The van der Waals surface area contributed by atoms with E-state index in [1.54, 1.807) is 14.2 Å². The highest BCUT2D eigenvalue weighted by molar-refractivity contribution is 5.44. The molecular formula is C27H35N3O4. The smallest absolute Gasteiger partial charge is 0.220 e. The van der Waals surface area contributed by atoms with Crippen molar-refractivity contribution in [2.75, 3.05) is 45.4 Å². The first-order valence-corrected chi connectivity index (χ1v) is 12.0. The molecule has 34 heavy (non-hydrogen) atoms. The summed E-state index contributed by atoms with van der Waals surface area (Å²) in [6.45, 7) is 5.86. The highest BCUT2D eigenvalue weighted by atomic mass is 16.5. The number of nitrogens with one attached hydrogen (secondary N) is 1. The summed E-state index contributed by atoms with van der Waals surface area (Å²) in [7, 11) is 3.33. The molecule has 1 atom stereocenters. The van der Waals surface area contributed by atoms with Crippen LogP contribution in [0.3, 0.4) is 0 Å². The predicted octanol–water partition coefficient (Wildman–Crippen LogP) is 4.75. The van der Waals surface area contributed by atoms with E-state index in [0.29, 0.717) is 19.8 Å². The number of benzene rings is 2. The normalized spacial score (nSPS) is 14.7. The van der Waals surface area contributed by atoms with Gasteiger partial charge in [-0.25, -0.2) is 4.98 Å². The van der Waals surface area contributed by atoms with Gasteiger partial charge >= 0.3 is 0 Å². The van der Waals surface area contributed by atoms with Crippen LogP contribution in [-0.2, 0) is 17.7 Å². The zero-order valence-electron chi connectivity index (χ0n) is 20.4. The van der Waals surface area contributed by atoms with Crippen molar-refractivity contribution < 1.29 is 18.6 Å². The summed E-state index contributed by atoms with van der Waals surface area (Å²) < 4.78 is 22.9. The Bertz CT molecular complexity index is 1010. The SMILES string of the molecule is CCCC(NCc1cc(OC)cc(OC)c1)c1nc(Cc2ccccc2)c(N2CCOCC2)o1. The molecule has 0 bridgehead atoms. The molecule has 2 heterocycles. The molecule has 0 spiro atoms. The average molecular weight is 466 g/mol. The Labute approximate surface area is 202 Å². The molecule has 0 aliphatic carbocycles. The van der Waals surface area contributed by atoms with Gasteiger partial charge in [0.2, 0.25) is 11.8 Å². The van der Waals surface area contributed by atoms with Gasteiger partial charge in [0.05, 0.1) is 33.5 Å². The standard InChI is InChI=1S/C27H35N3O4/c1-4-8-24(28-19-21-15-22(31-2)18-23(16-21)32-3)26-29-25(17-20-9-6-5-7-10-20)27(34-26)30-11-13-33-14-12-30/h5-7,9-10,15-16,18,24,28H,4,8,11-14,17,19H2,1-3H3. The lowest BCUT2D eigenvalue weighted by atomic mass is 10.1. The molecule has 182 valence electrons. The Morgan fingerprint density at radius 1 is 1.00 bits per heavy atom. The number of oxazole rings is 1. The number of hydrogen-bond donors (Lipinski definition) is 1. The molecule has 1 aliphatic rings. The van der Waals surface area contributed by atoms with Gasteiger partial charge in [0.25, 0.3) is 0 Å². The lowest BCUT2D eigenvalue weighted by molar-refractivity contribution is 0.120. The molecule has 7 nitrogen and oxygen atoms in total. The Hall–Kier alpha value is -3.03. The molecule has 1 N–H and O–H groups in total. The molecule has 4 rings (SSSR count). The third-order valence-electron chi connectivity index (χ3n) is 6.05. The highest BCUT2D eigenvalue weighted by Crippen LogP contribution is 2.30. The second-order valence-electron chi connectivity index (χ2n) is 8.51. The van der Waals surface area contributed by atoms with Gasteiger partial charge in [0.1, 0.15) is 17.2 Å². The fraction of sp³-hybridized carbons (Fsp3) is 0.444. The van der Waals surface area contributed by atoms with Crippen LogP contribution in [0.2, 0.25) is 0 Å². The van der Waals surface area contributed by atoms with E-state index in [-0.39, 0.29) is 6.04 Å². The molecule has 7 heteroatoms. The maximum Gasteiger partial charge on any atom is 0.220 e. The van der Waals surface area contributed by atoms with E-state index in [1.165, 1.54) is 5.56 Å². The van der Waals surface area contributed by atoms with Crippen LogP contribution in [0.4, 0.5) is 5.88 Å². The molecule has 1 aliphatic heterocycles. The molecular weight excluding hydrogens is 430 g/mol. The van der Waals surface area contributed by atoms with Crippen molar-refractivity contribution in [2.24, 2.45) is 0 Å². The van der Waals surface area contributed by atoms with Crippen molar-refractivity contribution in [3.05, 3.63) is 71.2 Å². The third kappa shape index (κ3) is 6.10. The molecule has 1 fully saturated rings. The van der Waals surface area contributed by atoms with Crippen LogP contribution in [-0.4, -0.2) is 45.5 Å². The molecule has 1 aromatic heterocycles. The minimum absolute atomic E-state index is 0.00603. The van der Waals surface area contributed by atoms with Gasteiger partial charge in [0.15, 0.2) is 0 Å². The first kappa shape index (κ1) is 24.1. The summed E-state index contributed by atoms with van der Waals surface area (Å²) >= 11 is 0. The quantitative estimate of drug-likeness (QED) is 0.438. The van der Waals surface area contributed by atoms with Crippen LogP contribution in [0.5, 0.6) is 11.5 Å². The number of hydrogen-bond acceptors (Lipinski definition) is 7. The Morgan fingerprint density at radius 2 is 1.71 bits per heavy atom. The summed E-state index contributed by atoms with van der Waals surface area (Å²) in [6, 6.07) is 16.4. The number of ether oxygens (including phenoxy) is 3. The average Bonchev–Trinajstić information content (AvgIpc) is 3.30. The van der Waals surface area contributed by atoms with Gasteiger partial charge in [-0.1, -0.05) is 43.7 Å². The van der Waals surface area contributed by atoms with E-state index in [9.17, 15) is 0 Å². The second kappa shape index (κ2) is 11.9. The first-order valence-electron chi connectivity index (χ1n) is 12.0. The number of methoxy groups -OCH3 is 2. The van der Waals surface area contributed by atoms with Crippen molar-refractivity contribution in [1.82, 2.24) is 10.3 Å². The van der Waals surface area contributed by atoms with Crippen LogP contribution in [0, 0.1) is 0 Å². The third-order valence-corrected chi connectivity index (χ3v) is 6.05. The van der Waals surface area contributed by atoms with Gasteiger partial charge in [-0.05, 0) is 29.7 Å². The van der Waals surface area contributed by atoms with Crippen LogP contribution >= 0.6 is 0 Å². The second-order valence-corrected chi connectivity index (χ2v) is 8.51. The van der Waals surface area contributed by atoms with E-state index in [4.69, 9.17) is 23.6 Å². The number of morpholine rings is 1. The maximum atomic E-state index is 6.47. The zero-order chi connectivity index (χ0) is 23.8. The Kier molecular flexibility index (Phi) is 8.44. The van der Waals surface area contributed by atoms with Crippen molar-refractivity contribution in [3.8, 4) is 11.5 Å². The van der Waals surface area contributed by atoms with E-state index in [2.05, 4.69) is 41.4 Å². The van der Waals surface area contributed by atoms with E-state index in [1.807, 2.05) is 24.3 Å². The van der Waals surface area contributed by atoms with Crippen molar-refractivity contribution in [3.63, 3.8) is 0 Å². The summed E-state index contributed by atoms with van der Waals surface area (Å²) in [4.78, 5) is 7.28. The van der Waals surface area contributed by atoms with Gasteiger partial charge < -0.3 is 28.8 Å². The maximum absolute atomic E-state index is 6.47. The molecule has 1 saturated heterocycles. The van der Waals surface area contributed by atoms with Gasteiger partial charge in [-0.2, -0.15) is 0 Å². The van der Waals surface area contributed by atoms with Crippen molar-refractivity contribution in [1.29, 1.82) is 0 Å². The van der Waals surface area contributed by atoms with Gasteiger partial charge in [-0.3, -0.25) is 0 Å². The van der Waals surface area contributed by atoms with Crippen LogP contribution in [0.1, 0.15) is 48.5 Å². The van der Waals surface area contributed by atoms with E-state index in [0.717, 1.165) is 66.9 Å². The fourth-order valence-corrected chi connectivity index (χ4v) is 4.24. The molecule has 1 unspecified atom stereocenters. The number of nitrogens with zero attached hydrogens (tertiary/aromatic N) is 2. The summed E-state index contributed by atoms with van der Waals surface area (Å²) in [6.07, 6.45) is 2.68. The Balaban J connectivity index is 1.58. The van der Waals surface area contributed by atoms with E-state index >= 15 is 0 Å². The summed E-state index contributed by atoms with van der Waals surface area (Å²) in [5.74, 6) is 3.16. The van der Waals surface area contributed by atoms with Crippen LogP contribution in [0.15, 0.2) is 52.9 Å². The number of rotatable bonds is 11. The highest BCUT2D eigenvalue weighted by Gasteiger charge is 2.25. The minimum atomic E-state index is 0.00603. The van der Waals surface area contributed by atoms with Crippen molar-refractivity contribution in [2.45, 2.75) is 38.8 Å². The zero-order valence-corrected chi connectivity index (χ0v) is 20.4. The minimum Gasteiger partial charge on any atom is -0.497 e. The molecule has 0 radical (unpaired) electrons. The van der Waals surface area contributed by atoms with Gasteiger partial charge in [-0.15, -0.1) is 0 Å². The monoisotopic (exact) mass is 465 g/mol. The fourth-order valence-electron chi connectivity index (χ4n) is 4.24. The lowest BCUT2D eigenvalue weighted by Gasteiger charge is -2.27. The van der Waals surface area contributed by atoms with Crippen LogP contribution in [0.25, 0.3) is 0 Å². The topological polar surface area (TPSA) is 69.0 Å². The number of anilines is 1. The summed E-state index contributed by atoms with van der Waals surface area (Å²) in [5.41, 5.74) is 3.29. The number of aromatic nitrogens is 1. The van der Waals surface area contributed by atoms with E-state index < -0.39 is 0 Å². The van der Waals surface area contributed by atoms with Crippen LogP contribution < -0.4 is 19.7 Å². The lowest BCUT2D eigenvalue weighted by Crippen LogP contribution is -2.36. The van der Waals surface area contributed by atoms with Gasteiger partial charge in [0, 0.05) is 32.1 Å². The molecule has 0 saturated carbocycles. The summed E-state index contributed by atoms with van der Waals surface area (Å²) in [5, 5.41) is 3.65. The molecule has 0 amide bonds. The largest absolute Gasteiger partial charge is 0.497 e. The predicted molar refractivity (Wildman–Crippen MR) is 133 cm³/mol.